The Labute approximate surface area is 113 Å². The van der Waals surface area contributed by atoms with Crippen molar-refractivity contribution in [1.82, 2.24) is 0 Å². The second kappa shape index (κ2) is 4.16. The molecular weight excluding hydrogens is 236 g/mol. The zero-order valence-corrected chi connectivity index (χ0v) is 11.3. The first-order chi connectivity index (χ1) is 8.99. The lowest BCUT2D eigenvalue weighted by Gasteiger charge is -2.45. The summed E-state index contributed by atoms with van der Waals surface area (Å²) in [5.41, 5.74) is 1.59. The van der Waals surface area contributed by atoms with Gasteiger partial charge in [-0.1, -0.05) is 50.3 Å². The van der Waals surface area contributed by atoms with Gasteiger partial charge in [0.1, 0.15) is 5.78 Å². The molecule has 3 aliphatic rings. The summed E-state index contributed by atoms with van der Waals surface area (Å²) in [5.74, 6) is 0.421. The maximum Gasteiger partial charge on any atom is 0.189 e. The number of carbonyl (C=O) groups is 2. The first-order valence-electron chi connectivity index (χ1n) is 6.83. The Kier molecular flexibility index (Phi) is 2.70. The van der Waals surface area contributed by atoms with Crippen LogP contribution in [0.25, 0.3) is 0 Å². The van der Waals surface area contributed by atoms with Gasteiger partial charge < -0.3 is 0 Å². The molecule has 1 aromatic carbocycles. The third kappa shape index (κ3) is 1.95. The maximum atomic E-state index is 12.5. The van der Waals surface area contributed by atoms with E-state index in [0.29, 0.717) is 12.2 Å². The molecule has 0 amide bonds. The van der Waals surface area contributed by atoms with Crippen LogP contribution in [0.2, 0.25) is 0 Å². The van der Waals surface area contributed by atoms with E-state index in [4.69, 9.17) is 0 Å². The molecule has 0 spiro atoms. The van der Waals surface area contributed by atoms with Gasteiger partial charge in [0.25, 0.3) is 0 Å². The normalized spacial score (nSPS) is 28.1. The number of allylic oxidation sites excluding steroid dienone is 2. The molecule has 0 aliphatic heterocycles. The highest BCUT2D eigenvalue weighted by Crippen LogP contribution is 2.50. The summed E-state index contributed by atoms with van der Waals surface area (Å²) in [6, 6.07) is 9.36. The van der Waals surface area contributed by atoms with Gasteiger partial charge in [-0.05, 0) is 17.8 Å². The highest BCUT2D eigenvalue weighted by molar-refractivity contribution is 6.10. The average molecular weight is 254 g/mol. The number of Topliss-reactive ketones (excluding diaryl/α,β-unsaturated/α-hetero) is 2. The lowest BCUT2D eigenvalue weighted by atomic mass is 9.57. The number of rotatable bonds is 2. The smallest absolute Gasteiger partial charge is 0.189 e. The van der Waals surface area contributed by atoms with Crippen molar-refractivity contribution >= 4 is 11.6 Å². The summed E-state index contributed by atoms with van der Waals surface area (Å²) < 4.78 is 0. The Hall–Kier alpha value is -1.70. The van der Waals surface area contributed by atoms with Gasteiger partial charge >= 0.3 is 0 Å². The molecule has 0 saturated heterocycles. The monoisotopic (exact) mass is 254 g/mol. The molecule has 0 aromatic heterocycles. The van der Waals surface area contributed by atoms with E-state index in [9.17, 15) is 9.59 Å². The first kappa shape index (κ1) is 12.3. The van der Waals surface area contributed by atoms with E-state index in [-0.39, 0.29) is 23.0 Å². The minimum atomic E-state index is -0.0832. The van der Waals surface area contributed by atoms with Crippen LogP contribution in [0.4, 0.5) is 0 Å². The summed E-state index contributed by atoms with van der Waals surface area (Å²) in [6.45, 7) is 4.25. The van der Waals surface area contributed by atoms with Crippen LogP contribution < -0.4 is 0 Å². The largest absolute Gasteiger partial charge is 0.299 e. The molecule has 2 unspecified atom stereocenters. The van der Waals surface area contributed by atoms with Crippen molar-refractivity contribution in [3.8, 4) is 0 Å². The Bertz CT molecular complexity index is 566. The molecule has 2 heteroatoms. The number of benzene rings is 1. The van der Waals surface area contributed by atoms with Crippen molar-refractivity contribution in [3.05, 3.63) is 47.5 Å². The molecule has 0 heterocycles. The predicted octanol–water partition coefficient (Wildman–Crippen LogP) is 3.43. The van der Waals surface area contributed by atoms with E-state index in [1.54, 1.807) is 0 Å². The average Bonchev–Trinajstić information content (AvgIpc) is 2.37. The van der Waals surface area contributed by atoms with Crippen LogP contribution in [0.1, 0.15) is 37.0 Å². The van der Waals surface area contributed by atoms with Crippen LogP contribution in [0, 0.1) is 17.3 Å². The van der Waals surface area contributed by atoms with Gasteiger partial charge in [-0.15, -0.1) is 0 Å². The van der Waals surface area contributed by atoms with Crippen molar-refractivity contribution in [1.29, 1.82) is 0 Å². The molecule has 0 radical (unpaired) electrons. The molecule has 3 aliphatic carbocycles. The predicted molar refractivity (Wildman–Crippen MR) is 73.9 cm³/mol. The molecule has 2 nitrogen and oxygen atoms in total. The molecule has 98 valence electrons. The van der Waals surface area contributed by atoms with E-state index in [0.717, 1.165) is 17.6 Å². The van der Waals surface area contributed by atoms with E-state index in [2.05, 4.69) is 13.8 Å². The van der Waals surface area contributed by atoms with Crippen LogP contribution in [0.15, 0.2) is 42.0 Å². The van der Waals surface area contributed by atoms with Crippen molar-refractivity contribution in [2.45, 2.75) is 26.7 Å². The van der Waals surface area contributed by atoms with Gasteiger partial charge in [-0.25, -0.2) is 0 Å². The van der Waals surface area contributed by atoms with Crippen molar-refractivity contribution < 1.29 is 9.59 Å². The first-order valence-corrected chi connectivity index (χ1v) is 6.83. The van der Waals surface area contributed by atoms with Gasteiger partial charge in [0.2, 0.25) is 0 Å². The Morgan fingerprint density at radius 1 is 1.21 bits per heavy atom. The number of carbonyl (C=O) groups excluding carboxylic acids is 2. The fourth-order valence-electron chi connectivity index (χ4n) is 3.51. The SMILES string of the molecule is CC1(C)CC2CC(=O)C1C=C2C(=O)c1ccccc1. The number of hydrogen-bond acceptors (Lipinski definition) is 2. The second-order valence-electron chi connectivity index (χ2n) is 6.35. The minimum Gasteiger partial charge on any atom is -0.299 e. The summed E-state index contributed by atoms with van der Waals surface area (Å²) in [5, 5.41) is 0. The minimum absolute atomic E-state index is 0.000464. The van der Waals surface area contributed by atoms with E-state index < -0.39 is 0 Å². The van der Waals surface area contributed by atoms with Crippen LogP contribution in [-0.4, -0.2) is 11.6 Å². The zero-order valence-electron chi connectivity index (χ0n) is 11.3. The van der Waals surface area contributed by atoms with E-state index >= 15 is 0 Å². The van der Waals surface area contributed by atoms with Crippen molar-refractivity contribution in [3.63, 3.8) is 0 Å². The molecule has 1 saturated carbocycles. The summed E-state index contributed by atoms with van der Waals surface area (Å²) in [6.07, 6.45) is 3.42. The second-order valence-corrected chi connectivity index (χ2v) is 6.35. The molecule has 2 atom stereocenters. The van der Waals surface area contributed by atoms with Gasteiger partial charge in [-0.3, -0.25) is 9.59 Å². The number of hydrogen-bond donors (Lipinski definition) is 0. The quantitative estimate of drug-likeness (QED) is 0.758. The van der Waals surface area contributed by atoms with Crippen LogP contribution in [-0.2, 0) is 4.79 Å². The lowest BCUT2D eigenvalue weighted by molar-refractivity contribution is -0.129. The third-order valence-corrected chi connectivity index (χ3v) is 4.49. The lowest BCUT2D eigenvalue weighted by Crippen LogP contribution is -2.44. The summed E-state index contributed by atoms with van der Waals surface area (Å²) in [7, 11) is 0. The van der Waals surface area contributed by atoms with Gasteiger partial charge in [0.05, 0.1) is 0 Å². The molecule has 4 rings (SSSR count). The maximum absolute atomic E-state index is 12.5. The molecular formula is C17H18O2. The van der Waals surface area contributed by atoms with Gasteiger partial charge in [-0.2, -0.15) is 0 Å². The van der Waals surface area contributed by atoms with E-state index in [1.807, 2.05) is 36.4 Å². The Morgan fingerprint density at radius 2 is 1.89 bits per heavy atom. The molecule has 1 aromatic rings. The molecule has 2 bridgehead atoms. The van der Waals surface area contributed by atoms with E-state index in [1.165, 1.54) is 0 Å². The van der Waals surface area contributed by atoms with Crippen molar-refractivity contribution in [2.75, 3.05) is 0 Å². The fraction of sp³-hybridized carbons (Fsp3) is 0.412. The molecule has 0 N–H and O–H groups in total. The molecule has 19 heavy (non-hydrogen) atoms. The zero-order chi connectivity index (χ0) is 13.6. The Morgan fingerprint density at radius 3 is 2.47 bits per heavy atom. The topological polar surface area (TPSA) is 34.1 Å². The number of ketones is 2. The van der Waals surface area contributed by atoms with Crippen LogP contribution >= 0.6 is 0 Å². The highest BCUT2D eigenvalue weighted by Gasteiger charge is 2.47. The van der Waals surface area contributed by atoms with Crippen LogP contribution in [0.3, 0.4) is 0 Å². The van der Waals surface area contributed by atoms with Crippen LogP contribution in [0.5, 0.6) is 0 Å². The summed E-state index contributed by atoms with van der Waals surface area (Å²) in [4.78, 5) is 24.5. The Balaban J connectivity index is 1.98. The third-order valence-electron chi connectivity index (χ3n) is 4.49. The van der Waals surface area contributed by atoms with Gasteiger partial charge in [0.15, 0.2) is 5.78 Å². The fourth-order valence-corrected chi connectivity index (χ4v) is 3.51. The highest BCUT2D eigenvalue weighted by atomic mass is 16.1. The standard InChI is InChI=1S/C17H18O2/c1-17(2)10-12-8-15(18)14(17)9-13(12)16(19)11-6-4-3-5-7-11/h3-7,9,12,14H,8,10H2,1-2H3. The molecule has 1 fully saturated rings. The van der Waals surface area contributed by atoms with Gasteiger partial charge in [0, 0.05) is 23.5 Å². The number of fused-ring (bicyclic) bond motifs is 2. The van der Waals surface area contributed by atoms with Crippen molar-refractivity contribution in [2.24, 2.45) is 17.3 Å². The summed E-state index contributed by atoms with van der Waals surface area (Å²) >= 11 is 0.